The molecule has 0 radical (unpaired) electrons. The number of benzene rings is 1. The Balaban J connectivity index is 2.58. The molecule has 0 saturated carbocycles. The topological polar surface area (TPSA) is 55.1 Å². The van der Waals surface area contributed by atoms with Crippen LogP contribution in [0.1, 0.15) is 24.9 Å². The lowest BCUT2D eigenvalue weighted by Crippen LogP contribution is -2.24. The summed E-state index contributed by atoms with van der Waals surface area (Å²) in [7, 11) is 0. The van der Waals surface area contributed by atoms with Gasteiger partial charge in [0.1, 0.15) is 0 Å². The van der Waals surface area contributed by atoms with Crippen molar-refractivity contribution in [2.24, 2.45) is 5.73 Å². The van der Waals surface area contributed by atoms with E-state index in [1.165, 1.54) is 0 Å². The highest BCUT2D eigenvalue weighted by atomic mass is 35.5. The fraction of sp³-hybridized carbons (Fsp3) is 0.364. The van der Waals surface area contributed by atoms with E-state index >= 15 is 0 Å². The van der Waals surface area contributed by atoms with Crippen LogP contribution < -0.4 is 11.1 Å². The van der Waals surface area contributed by atoms with Gasteiger partial charge >= 0.3 is 0 Å². The molecule has 0 saturated heterocycles. The molecule has 3 N–H and O–H groups in total. The zero-order chi connectivity index (χ0) is 12.1. The van der Waals surface area contributed by atoms with Crippen LogP contribution in [0.3, 0.4) is 0 Å². The molecule has 0 heterocycles. The zero-order valence-corrected chi connectivity index (χ0v) is 10.5. The summed E-state index contributed by atoms with van der Waals surface area (Å²) in [6, 6.07) is 5.41. The van der Waals surface area contributed by atoms with Crippen LogP contribution in [0.4, 0.5) is 0 Å². The third kappa shape index (κ3) is 4.00. The van der Waals surface area contributed by atoms with Gasteiger partial charge in [-0.05, 0) is 24.6 Å². The number of primary amides is 1. The normalized spacial score (nSPS) is 12.4. The van der Waals surface area contributed by atoms with Gasteiger partial charge < -0.3 is 11.1 Å². The second-order valence-corrected chi connectivity index (χ2v) is 4.40. The Kier molecular flexibility index (Phi) is 5.06. The minimum Gasteiger partial charge on any atom is -0.370 e. The van der Waals surface area contributed by atoms with Crippen LogP contribution in [-0.2, 0) is 4.79 Å². The molecule has 0 aliphatic rings. The monoisotopic (exact) mass is 260 g/mol. The number of halogens is 2. The molecule has 1 unspecified atom stereocenters. The van der Waals surface area contributed by atoms with E-state index in [2.05, 4.69) is 5.32 Å². The van der Waals surface area contributed by atoms with Crippen molar-refractivity contribution in [3.8, 4) is 0 Å². The first kappa shape index (κ1) is 13.3. The summed E-state index contributed by atoms with van der Waals surface area (Å²) in [5.74, 6) is -0.318. The van der Waals surface area contributed by atoms with Crippen molar-refractivity contribution in [2.45, 2.75) is 19.4 Å². The summed E-state index contributed by atoms with van der Waals surface area (Å²) < 4.78 is 0. The van der Waals surface area contributed by atoms with Gasteiger partial charge in [0.15, 0.2) is 0 Å². The van der Waals surface area contributed by atoms with Gasteiger partial charge in [0.2, 0.25) is 5.91 Å². The first-order valence-corrected chi connectivity index (χ1v) is 5.73. The molecular formula is C11H14Cl2N2O. The third-order valence-electron chi connectivity index (χ3n) is 2.25. The van der Waals surface area contributed by atoms with Gasteiger partial charge in [0.25, 0.3) is 0 Å². The number of hydrogen-bond donors (Lipinski definition) is 2. The Morgan fingerprint density at radius 2 is 2.19 bits per heavy atom. The number of amides is 1. The average Bonchev–Trinajstić information content (AvgIpc) is 2.16. The molecule has 1 rings (SSSR count). The van der Waals surface area contributed by atoms with Crippen LogP contribution in [0.5, 0.6) is 0 Å². The maximum Gasteiger partial charge on any atom is 0.218 e. The van der Waals surface area contributed by atoms with Gasteiger partial charge in [-0.1, -0.05) is 29.3 Å². The smallest absolute Gasteiger partial charge is 0.218 e. The molecule has 0 bridgehead atoms. The maximum atomic E-state index is 10.6. The first-order valence-electron chi connectivity index (χ1n) is 4.97. The van der Waals surface area contributed by atoms with Crippen molar-refractivity contribution in [3.05, 3.63) is 33.8 Å². The van der Waals surface area contributed by atoms with E-state index < -0.39 is 0 Å². The minimum atomic E-state index is -0.318. The first-order chi connectivity index (χ1) is 7.50. The van der Waals surface area contributed by atoms with E-state index in [4.69, 9.17) is 28.9 Å². The van der Waals surface area contributed by atoms with Crippen LogP contribution in [0, 0.1) is 0 Å². The predicted molar refractivity (Wildman–Crippen MR) is 66.7 cm³/mol. The molecule has 0 aliphatic carbocycles. The summed E-state index contributed by atoms with van der Waals surface area (Å²) in [4.78, 5) is 10.6. The molecule has 1 aromatic rings. The quantitative estimate of drug-likeness (QED) is 0.855. The molecule has 0 fully saturated rings. The fourth-order valence-corrected chi connectivity index (χ4v) is 1.95. The van der Waals surface area contributed by atoms with Gasteiger partial charge in [0.05, 0.1) is 0 Å². The maximum absolute atomic E-state index is 10.6. The van der Waals surface area contributed by atoms with E-state index in [0.717, 1.165) is 5.56 Å². The zero-order valence-electron chi connectivity index (χ0n) is 8.97. The molecule has 16 heavy (non-hydrogen) atoms. The van der Waals surface area contributed by atoms with Crippen molar-refractivity contribution in [3.63, 3.8) is 0 Å². The molecule has 3 nitrogen and oxygen atoms in total. The SMILES string of the molecule is CC(NCCC(N)=O)c1ccc(Cl)cc1Cl. The Morgan fingerprint density at radius 3 is 2.75 bits per heavy atom. The summed E-state index contributed by atoms with van der Waals surface area (Å²) in [6.45, 7) is 2.51. The molecule has 5 heteroatoms. The Bertz CT molecular complexity index is 382. The van der Waals surface area contributed by atoms with Crippen molar-refractivity contribution in [1.29, 1.82) is 0 Å². The average molecular weight is 261 g/mol. The molecule has 0 aromatic heterocycles. The Hall–Kier alpha value is -0.770. The number of carbonyl (C=O) groups is 1. The Labute approximate surface area is 105 Å². The largest absolute Gasteiger partial charge is 0.370 e. The molecule has 1 amide bonds. The third-order valence-corrected chi connectivity index (χ3v) is 2.81. The summed E-state index contributed by atoms with van der Waals surface area (Å²) >= 11 is 11.9. The molecule has 1 aromatic carbocycles. The van der Waals surface area contributed by atoms with Crippen molar-refractivity contribution in [1.82, 2.24) is 5.32 Å². The van der Waals surface area contributed by atoms with E-state index in [1.807, 2.05) is 13.0 Å². The molecule has 0 aliphatic heterocycles. The van der Waals surface area contributed by atoms with Gasteiger partial charge in [-0.3, -0.25) is 4.79 Å². The van der Waals surface area contributed by atoms with Crippen LogP contribution in [0.15, 0.2) is 18.2 Å². The van der Waals surface area contributed by atoms with Crippen molar-refractivity contribution >= 4 is 29.1 Å². The number of carbonyl (C=O) groups excluding carboxylic acids is 1. The van der Waals surface area contributed by atoms with Gasteiger partial charge in [-0.25, -0.2) is 0 Å². The van der Waals surface area contributed by atoms with E-state index in [9.17, 15) is 4.79 Å². The predicted octanol–water partition coefficient (Wildman–Crippen LogP) is 2.52. The van der Waals surface area contributed by atoms with Crippen LogP contribution in [0.25, 0.3) is 0 Å². The number of rotatable bonds is 5. The van der Waals surface area contributed by atoms with Gasteiger partial charge in [-0.15, -0.1) is 0 Å². The van der Waals surface area contributed by atoms with E-state index in [-0.39, 0.29) is 11.9 Å². The highest BCUT2D eigenvalue weighted by Crippen LogP contribution is 2.25. The number of nitrogens with two attached hydrogens (primary N) is 1. The summed E-state index contributed by atoms with van der Waals surface area (Å²) in [5.41, 5.74) is 6.00. The standard InChI is InChI=1S/C11H14Cl2N2O/c1-7(15-5-4-11(14)16)9-3-2-8(12)6-10(9)13/h2-3,6-7,15H,4-5H2,1H3,(H2,14,16). The lowest BCUT2D eigenvalue weighted by Gasteiger charge is -2.15. The second-order valence-electron chi connectivity index (χ2n) is 3.56. The van der Waals surface area contributed by atoms with Crippen LogP contribution in [0.2, 0.25) is 10.0 Å². The summed E-state index contributed by atoms with van der Waals surface area (Å²) in [5, 5.41) is 4.39. The molecule has 0 spiro atoms. The number of nitrogens with one attached hydrogen (secondary N) is 1. The van der Waals surface area contributed by atoms with Crippen molar-refractivity contribution in [2.75, 3.05) is 6.54 Å². The number of hydrogen-bond acceptors (Lipinski definition) is 2. The lowest BCUT2D eigenvalue weighted by atomic mass is 10.1. The van der Waals surface area contributed by atoms with E-state index in [0.29, 0.717) is 23.0 Å². The van der Waals surface area contributed by atoms with Gasteiger partial charge in [0, 0.05) is 29.1 Å². The lowest BCUT2D eigenvalue weighted by molar-refractivity contribution is -0.117. The van der Waals surface area contributed by atoms with E-state index in [1.54, 1.807) is 12.1 Å². The minimum absolute atomic E-state index is 0.0594. The van der Waals surface area contributed by atoms with Crippen molar-refractivity contribution < 1.29 is 4.79 Å². The Morgan fingerprint density at radius 1 is 1.50 bits per heavy atom. The highest BCUT2D eigenvalue weighted by molar-refractivity contribution is 6.35. The fourth-order valence-electron chi connectivity index (χ4n) is 1.37. The summed E-state index contributed by atoms with van der Waals surface area (Å²) in [6.07, 6.45) is 0.315. The van der Waals surface area contributed by atoms with Crippen LogP contribution in [-0.4, -0.2) is 12.5 Å². The van der Waals surface area contributed by atoms with Crippen LogP contribution >= 0.6 is 23.2 Å². The van der Waals surface area contributed by atoms with Gasteiger partial charge in [-0.2, -0.15) is 0 Å². The molecule has 88 valence electrons. The second kappa shape index (κ2) is 6.09. The molecular weight excluding hydrogens is 247 g/mol. The molecule has 1 atom stereocenters. The highest BCUT2D eigenvalue weighted by Gasteiger charge is 2.09.